The van der Waals surface area contributed by atoms with Gasteiger partial charge < -0.3 is 14.2 Å². The van der Waals surface area contributed by atoms with Crippen molar-refractivity contribution in [3.05, 3.63) is 48.6 Å². The minimum atomic E-state index is -0.785. The molecule has 0 aromatic carbocycles. The van der Waals surface area contributed by atoms with Crippen molar-refractivity contribution in [2.24, 2.45) is 0 Å². The molecule has 0 aliphatic rings. The van der Waals surface area contributed by atoms with E-state index in [0.29, 0.717) is 19.3 Å². The van der Waals surface area contributed by atoms with Gasteiger partial charge in [-0.2, -0.15) is 0 Å². The van der Waals surface area contributed by atoms with E-state index in [-0.39, 0.29) is 31.1 Å². The Hall–Kier alpha value is -2.63. The van der Waals surface area contributed by atoms with Crippen molar-refractivity contribution in [1.82, 2.24) is 0 Å². The third-order valence-corrected chi connectivity index (χ3v) is 12.4. The van der Waals surface area contributed by atoms with Crippen LogP contribution in [0, 0.1) is 0 Å². The number of unbranched alkanes of at least 4 members (excludes halogenated alkanes) is 34. The molecule has 0 N–H and O–H groups in total. The Bertz CT molecular complexity index is 1140. The first-order valence-electron chi connectivity index (χ1n) is 28.2. The van der Waals surface area contributed by atoms with E-state index in [0.717, 1.165) is 89.9 Å². The van der Waals surface area contributed by atoms with E-state index in [1.165, 1.54) is 161 Å². The van der Waals surface area contributed by atoms with Gasteiger partial charge in [0.1, 0.15) is 13.2 Å². The lowest BCUT2D eigenvalue weighted by Gasteiger charge is -2.18. The van der Waals surface area contributed by atoms with Crippen molar-refractivity contribution in [3.63, 3.8) is 0 Å². The highest BCUT2D eigenvalue weighted by atomic mass is 16.6. The second kappa shape index (κ2) is 54.0. The Morgan fingerprint density at radius 2 is 0.569 bits per heavy atom. The maximum Gasteiger partial charge on any atom is 0.306 e. The Balaban J connectivity index is 4.41. The van der Waals surface area contributed by atoms with Gasteiger partial charge in [0.15, 0.2) is 6.10 Å². The van der Waals surface area contributed by atoms with Crippen molar-refractivity contribution in [1.29, 1.82) is 0 Å². The van der Waals surface area contributed by atoms with E-state index in [1.54, 1.807) is 0 Å². The Labute approximate surface area is 403 Å². The topological polar surface area (TPSA) is 78.9 Å². The van der Waals surface area contributed by atoms with Gasteiger partial charge in [-0.1, -0.05) is 249 Å². The minimum absolute atomic E-state index is 0.0851. The van der Waals surface area contributed by atoms with E-state index >= 15 is 0 Å². The van der Waals surface area contributed by atoms with Gasteiger partial charge in [0.25, 0.3) is 0 Å². The van der Waals surface area contributed by atoms with Gasteiger partial charge in [-0.25, -0.2) is 0 Å². The predicted molar refractivity (Wildman–Crippen MR) is 279 cm³/mol. The summed E-state index contributed by atoms with van der Waals surface area (Å²) in [4.78, 5) is 38.1. The first kappa shape index (κ1) is 62.4. The molecule has 0 rings (SSSR count). The van der Waals surface area contributed by atoms with Crippen molar-refractivity contribution < 1.29 is 28.6 Å². The quantitative estimate of drug-likeness (QED) is 0.0199. The monoisotopic (exact) mass is 911 g/mol. The van der Waals surface area contributed by atoms with Gasteiger partial charge in [0.05, 0.1) is 0 Å². The fraction of sp³-hybridized carbons (Fsp3) is 0.814. The summed E-state index contributed by atoms with van der Waals surface area (Å²) in [5, 5.41) is 0. The van der Waals surface area contributed by atoms with Gasteiger partial charge in [-0.3, -0.25) is 14.4 Å². The van der Waals surface area contributed by atoms with Crippen LogP contribution in [0.3, 0.4) is 0 Å². The Morgan fingerprint density at radius 3 is 0.908 bits per heavy atom. The standard InChI is InChI=1S/C59H106O6/c1-4-7-10-13-16-19-22-25-28-29-30-32-34-37-40-43-46-49-52-58(61)64-55-56(54-63-57(60)51-48-45-42-39-36-33-27-24-21-18-15-12-9-6-3)65-59(62)53-50-47-44-41-38-35-31-26-23-20-17-14-11-8-5-2/h22,25,28-30,32-33,36,56H,4-21,23-24,26-27,31,34-35,37-55H2,1-3H3/b25-22-,29-28-,32-30-,36-33-. The molecular weight excluding hydrogens is 805 g/mol. The SMILES string of the molecule is CCCCCCC\C=C/C=C\C=C/CCCCCCCC(=O)OCC(COC(=O)CCCCC/C=C\CCCCCCCCC)OC(=O)CCCCCCCCCCCCCCCCC. The van der Waals surface area contributed by atoms with Crippen molar-refractivity contribution >= 4 is 17.9 Å². The second-order valence-corrected chi connectivity index (χ2v) is 18.9. The van der Waals surface area contributed by atoms with Crippen LogP contribution in [0.25, 0.3) is 0 Å². The molecular formula is C59H106O6. The molecule has 0 fully saturated rings. The fourth-order valence-corrected chi connectivity index (χ4v) is 8.09. The normalized spacial score (nSPS) is 12.4. The molecule has 0 saturated carbocycles. The summed E-state index contributed by atoms with van der Waals surface area (Å²) in [6, 6.07) is 0. The zero-order valence-corrected chi connectivity index (χ0v) is 43.3. The van der Waals surface area contributed by atoms with Gasteiger partial charge in [0.2, 0.25) is 0 Å². The van der Waals surface area contributed by atoms with Crippen LogP contribution < -0.4 is 0 Å². The molecule has 0 bridgehead atoms. The maximum absolute atomic E-state index is 12.8. The summed E-state index contributed by atoms with van der Waals surface area (Å²) in [6.45, 7) is 6.62. The molecule has 0 spiro atoms. The van der Waals surface area contributed by atoms with Crippen LogP contribution >= 0.6 is 0 Å². The van der Waals surface area contributed by atoms with Crippen LogP contribution in [0.5, 0.6) is 0 Å². The Morgan fingerprint density at radius 1 is 0.308 bits per heavy atom. The number of allylic oxidation sites excluding steroid dienone is 8. The van der Waals surface area contributed by atoms with Gasteiger partial charge in [0, 0.05) is 19.3 Å². The highest BCUT2D eigenvalue weighted by Crippen LogP contribution is 2.16. The molecule has 6 nitrogen and oxygen atoms in total. The van der Waals surface area contributed by atoms with E-state index < -0.39 is 6.10 Å². The number of hydrogen-bond acceptors (Lipinski definition) is 6. The number of carbonyl (C=O) groups excluding carboxylic acids is 3. The van der Waals surface area contributed by atoms with Crippen molar-refractivity contribution in [2.45, 2.75) is 297 Å². The summed E-state index contributed by atoms with van der Waals surface area (Å²) in [6.07, 6.45) is 65.2. The van der Waals surface area contributed by atoms with Crippen LogP contribution in [0.1, 0.15) is 290 Å². The molecule has 1 atom stereocenters. The number of rotatable bonds is 51. The summed E-state index contributed by atoms with van der Waals surface area (Å²) in [5.74, 6) is -0.906. The lowest BCUT2D eigenvalue weighted by molar-refractivity contribution is -0.167. The van der Waals surface area contributed by atoms with Crippen LogP contribution in [0.2, 0.25) is 0 Å². The number of hydrogen-bond donors (Lipinski definition) is 0. The molecule has 0 aromatic heterocycles. The summed E-state index contributed by atoms with van der Waals surface area (Å²) >= 11 is 0. The molecule has 6 heteroatoms. The molecule has 1 unspecified atom stereocenters. The lowest BCUT2D eigenvalue weighted by atomic mass is 10.0. The summed E-state index contributed by atoms with van der Waals surface area (Å²) in [5.41, 5.74) is 0. The first-order valence-corrected chi connectivity index (χ1v) is 28.2. The Kier molecular flexibility index (Phi) is 51.8. The average Bonchev–Trinajstić information content (AvgIpc) is 3.30. The largest absolute Gasteiger partial charge is 0.462 e. The van der Waals surface area contributed by atoms with Crippen LogP contribution in [-0.4, -0.2) is 37.2 Å². The maximum atomic E-state index is 12.8. The molecule has 0 amide bonds. The summed E-state index contributed by atoms with van der Waals surface area (Å²) < 4.78 is 16.8. The third-order valence-electron chi connectivity index (χ3n) is 12.4. The van der Waals surface area contributed by atoms with Crippen LogP contribution in [0.15, 0.2) is 48.6 Å². The van der Waals surface area contributed by atoms with Gasteiger partial charge >= 0.3 is 17.9 Å². The molecule has 378 valence electrons. The number of esters is 3. The zero-order valence-electron chi connectivity index (χ0n) is 43.3. The zero-order chi connectivity index (χ0) is 47.2. The van der Waals surface area contributed by atoms with Crippen LogP contribution in [-0.2, 0) is 28.6 Å². The number of carbonyl (C=O) groups is 3. The minimum Gasteiger partial charge on any atom is -0.462 e. The van der Waals surface area contributed by atoms with E-state index in [9.17, 15) is 14.4 Å². The predicted octanol–water partition coefficient (Wildman–Crippen LogP) is 18.7. The highest BCUT2D eigenvalue weighted by molar-refractivity contribution is 5.71. The molecule has 0 radical (unpaired) electrons. The molecule has 0 aliphatic carbocycles. The molecule has 0 aliphatic heterocycles. The van der Waals surface area contributed by atoms with E-state index in [1.807, 2.05) is 0 Å². The summed E-state index contributed by atoms with van der Waals surface area (Å²) in [7, 11) is 0. The van der Waals surface area contributed by atoms with E-state index in [2.05, 4.69) is 69.4 Å². The number of ether oxygens (including phenoxy) is 3. The third kappa shape index (κ3) is 52.2. The molecule has 0 aromatic rings. The average molecular weight is 911 g/mol. The smallest absolute Gasteiger partial charge is 0.306 e. The van der Waals surface area contributed by atoms with Crippen LogP contribution in [0.4, 0.5) is 0 Å². The molecule has 0 saturated heterocycles. The van der Waals surface area contributed by atoms with E-state index in [4.69, 9.17) is 14.2 Å². The van der Waals surface area contributed by atoms with Gasteiger partial charge in [-0.05, 0) is 70.6 Å². The van der Waals surface area contributed by atoms with Crippen molar-refractivity contribution in [2.75, 3.05) is 13.2 Å². The second-order valence-electron chi connectivity index (χ2n) is 18.9. The van der Waals surface area contributed by atoms with Gasteiger partial charge in [-0.15, -0.1) is 0 Å². The fourth-order valence-electron chi connectivity index (χ4n) is 8.09. The molecule has 0 heterocycles. The lowest BCUT2D eigenvalue weighted by Crippen LogP contribution is -2.30. The molecule has 65 heavy (non-hydrogen) atoms. The first-order chi connectivity index (χ1) is 32.0. The highest BCUT2D eigenvalue weighted by Gasteiger charge is 2.19. The van der Waals surface area contributed by atoms with Crippen molar-refractivity contribution in [3.8, 4) is 0 Å².